The Labute approximate surface area is 113 Å². The number of hydrogen-bond acceptors (Lipinski definition) is 3. The Morgan fingerprint density at radius 3 is 2.55 bits per heavy atom. The summed E-state index contributed by atoms with van der Waals surface area (Å²) in [7, 11) is 1.36. The lowest BCUT2D eigenvalue weighted by Crippen LogP contribution is -2.04. The highest BCUT2D eigenvalue weighted by Gasteiger charge is 2.30. The fourth-order valence-electron chi connectivity index (χ4n) is 1.76. The molecule has 0 saturated heterocycles. The first-order valence-electron chi connectivity index (χ1n) is 5.62. The van der Waals surface area contributed by atoms with Crippen LogP contribution in [0.2, 0.25) is 0 Å². The third-order valence-corrected chi connectivity index (χ3v) is 2.72. The van der Waals surface area contributed by atoms with Gasteiger partial charge in [-0.3, -0.25) is 4.79 Å². The van der Waals surface area contributed by atoms with E-state index in [0.717, 1.165) is 12.1 Å². The molecule has 0 aliphatic carbocycles. The van der Waals surface area contributed by atoms with Crippen molar-refractivity contribution < 1.29 is 22.7 Å². The molecule has 0 spiro atoms. The molecule has 1 aromatic carbocycles. The standard InChI is InChI=1S/C14H10F3NO2/c1-20-13-11(8-19)5-10(7-18-13)9-3-2-4-12(6-9)14(15,16)17/h2-8H,1H3. The van der Waals surface area contributed by atoms with E-state index in [9.17, 15) is 18.0 Å². The van der Waals surface area contributed by atoms with E-state index in [4.69, 9.17) is 4.74 Å². The van der Waals surface area contributed by atoms with Crippen LogP contribution in [-0.4, -0.2) is 18.4 Å². The predicted molar refractivity (Wildman–Crippen MR) is 66.6 cm³/mol. The topological polar surface area (TPSA) is 39.2 Å². The van der Waals surface area contributed by atoms with Crippen molar-refractivity contribution >= 4 is 6.29 Å². The van der Waals surface area contributed by atoms with Gasteiger partial charge in [0.1, 0.15) is 0 Å². The zero-order valence-corrected chi connectivity index (χ0v) is 10.4. The van der Waals surface area contributed by atoms with E-state index in [1.54, 1.807) is 0 Å². The summed E-state index contributed by atoms with van der Waals surface area (Å²) < 4.78 is 42.9. The van der Waals surface area contributed by atoms with Crippen molar-refractivity contribution in [3.05, 3.63) is 47.7 Å². The number of carbonyl (C=O) groups is 1. The molecule has 0 aliphatic rings. The predicted octanol–water partition coefficient (Wildman–Crippen LogP) is 3.59. The fraction of sp³-hybridized carbons (Fsp3) is 0.143. The van der Waals surface area contributed by atoms with E-state index in [1.165, 1.54) is 31.5 Å². The van der Waals surface area contributed by atoms with Crippen LogP contribution in [0, 0.1) is 0 Å². The summed E-state index contributed by atoms with van der Waals surface area (Å²) in [5.74, 6) is 0.135. The molecule has 0 fully saturated rings. The van der Waals surface area contributed by atoms with Gasteiger partial charge in [0.05, 0.1) is 18.2 Å². The molecule has 1 heterocycles. The SMILES string of the molecule is COc1ncc(-c2cccc(C(F)(F)F)c2)cc1C=O. The largest absolute Gasteiger partial charge is 0.480 e. The van der Waals surface area contributed by atoms with Crippen LogP contribution < -0.4 is 4.74 Å². The van der Waals surface area contributed by atoms with Crippen molar-refractivity contribution in [3.8, 4) is 17.0 Å². The van der Waals surface area contributed by atoms with Gasteiger partial charge >= 0.3 is 6.18 Å². The second-order valence-corrected chi connectivity index (χ2v) is 4.02. The quantitative estimate of drug-likeness (QED) is 0.807. The first-order chi connectivity index (χ1) is 9.45. The molecule has 20 heavy (non-hydrogen) atoms. The highest BCUT2D eigenvalue weighted by atomic mass is 19.4. The number of halogens is 3. The highest BCUT2D eigenvalue weighted by molar-refractivity contribution is 5.81. The van der Waals surface area contributed by atoms with Crippen molar-refractivity contribution in [2.45, 2.75) is 6.18 Å². The summed E-state index contributed by atoms with van der Waals surface area (Å²) >= 11 is 0. The zero-order chi connectivity index (χ0) is 14.8. The minimum atomic E-state index is -4.41. The maximum Gasteiger partial charge on any atom is 0.416 e. The van der Waals surface area contributed by atoms with Crippen LogP contribution in [0.5, 0.6) is 5.88 Å². The number of ether oxygens (including phenoxy) is 1. The third kappa shape index (κ3) is 2.79. The molecule has 0 N–H and O–H groups in total. The number of pyridine rings is 1. The molecule has 6 heteroatoms. The molecule has 0 radical (unpaired) electrons. The molecule has 104 valence electrons. The van der Waals surface area contributed by atoms with Gasteiger partial charge in [0, 0.05) is 11.8 Å². The Kier molecular flexibility index (Phi) is 3.74. The Balaban J connectivity index is 2.49. The Bertz CT molecular complexity index is 639. The summed E-state index contributed by atoms with van der Waals surface area (Å²) in [5.41, 5.74) is 0.179. The third-order valence-electron chi connectivity index (χ3n) is 2.72. The fourth-order valence-corrected chi connectivity index (χ4v) is 1.76. The first-order valence-corrected chi connectivity index (χ1v) is 5.62. The van der Waals surface area contributed by atoms with Gasteiger partial charge in [0.25, 0.3) is 0 Å². The van der Waals surface area contributed by atoms with Crippen molar-refractivity contribution in [2.75, 3.05) is 7.11 Å². The van der Waals surface area contributed by atoms with Gasteiger partial charge in [0.15, 0.2) is 6.29 Å². The Hall–Kier alpha value is -2.37. The molecular formula is C14H10F3NO2. The number of rotatable bonds is 3. The normalized spacial score (nSPS) is 11.2. The van der Waals surface area contributed by atoms with Crippen LogP contribution in [0.4, 0.5) is 13.2 Å². The first kappa shape index (κ1) is 14.0. The van der Waals surface area contributed by atoms with Gasteiger partial charge in [0.2, 0.25) is 5.88 Å². The molecule has 0 saturated carbocycles. The number of benzene rings is 1. The summed E-state index contributed by atoms with van der Waals surface area (Å²) in [6.45, 7) is 0. The molecule has 2 rings (SSSR count). The molecule has 3 nitrogen and oxygen atoms in total. The number of nitrogens with zero attached hydrogens (tertiary/aromatic N) is 1. The van der Waals surface area contributed by atoms with E-state index in [-0.39, 0.29) is 11.4 Å². The number of carbonyl (C=O) groups excluding carboxylic acids is 1. The van der Waals surface area contributed by atoms with Crippen LogP contribution >= 0.6 is 0 Å². The van der Waals surface area contributed by atoms with Crippen LogP contribution in [0.15, 0.2) is 36.5 Å². The van der Waals surface area contributed by atoms with E-state index < -0.39 is 11.7 Å². The molecule has 0 bridgehead atoms. The Morgan fingerprint density at radius 2 is 1.95 bits per heavy atom. The molecule has 0 atom stereocenters. The number of alkyl halides is 3. The van der Waals surface area contributed by atoms with Gasteiger partial charge in [-0.15, -0.1) is 0 Å². The van der Waals surface area contributed by atoms with E-state index >= 15 is 0 Å². The number of aldehydes is 1. The van der Waals surface area contributed by atoms with Gasteiger partial charge in [-0.2, -0.15) is 13.2 Å². The van der Waals surface area contributed by atoms with Crippen molar-refractivity contribution in [1.29, 1.82) is 0 Å². The molecule has 2 aromatic rings. The van der Waals surface area contributed by atoms with Gasteiger partial charge in [-0.25, -0.2) is 4.98 Å². The van der Waals surface area contributed by atoms with Gasteiger partial charge < -0.3 is 4.74 Å². The lowest BCUT2D eigenvalue weighted by atomic mass is 10.0. The Morgan fingerprint density at radius 1 is 1.20 bits per heavy atom. The van der Waals surface area contributed by atoms with Crippen LogP contribution in [0.1, 0.15) is 15.9 Å². The molecule has 0 unspecified atom stereocenters. The average Bonchev–Trinajstić information content (AvgIpc) is 2.45. The maximum atomic E-state index is 12.7. The molecule has 1 aromatic heterocycles. The van der Waals surface area contributed by atoms with Crippen molar-refractivity contribution in [1.82, 2.24) is 4.98 Å². The minimum Gasteiger partial charge on any atom is -0.480 e. The second kappa shape index (κ2) is 5.32. The van der Waals surface area contributed by atoms with Crippen molar-refractivity contribution in [3.63, 3.8) is 0 Å². The monoisotopic (exact) mass is 281 g/mol. The second-order valence-electron chi connectivity index (χ2n) is 4.02. The van der Waals surface area contributed by atoms with E-state index in [0.29, 0.717) is 17.4 Å². The number of hydrogen-bond donors (Lipinski definition) is 0. The number of aromatic nitrogens is 1. The average molecular weight is 281 g/mol. The van der Waals surface area contributed by atoms with E-state index in [1.807, 2.05) is 0 Å². The highest BCUT2D eigenvalue weighted by Crippen LogP contribution is 2.32. The number of methoxy groups -OCH3 is 1. The minimum absolute atomic E-state index is 0.135. The van der Waals surface area contributed by atoms with Gasteiger partial charge in [-0.05, 0) is 23.8 Å². The van der Waals surface area contributed by atoms with E-state index in [2.05, 4.69) is 4.98 Å². The van der Waals surface area contributed by atoms with Gasteiger partial charge in [-0.1, -0.05) is 12.1 Å². The molecule has 0 amide bonds. The maximum absolute atomic E-state index is 12.7. The molecular weight excluding hydrogens is 271 g/mol. The zero-order valence-electron chi connectivity index (χ0n) is 10.4. The summed E-state index contributed by atoms with van der Waals surface area (Å²) in [6, 6.07) is 6.27. The lowest BCUT2D eigenvalue weighted by Gasteiger charge is -2.09. The van der Waals surface area contributed by atoms with Crippen LogP contribution in [0.25, 0.3) is 11.1 Å². The smallest absolute Gasteiger partial charge is 0.416 e. The summed E-state index contributed by atoms with van der Waals surface area (Å²) in [6.07, 6.45) is -2.51. The van der Waals surface area contributed by atoms with Crippen molar-refractivity contribution in [2.24, 2.45) is 0 Å². The lowest BCUT2D eigenvalue weighted by molar-refractivity contribution is -0.137. The van der Waals surface area contributed by atoms with Crippen LogP contribution in [0.3, 0.4) is 0 Å². The summed E-state index contributed by atoms with van der Waals surface area (Å²) in [5, 5.41) is 0. The molecule has 0 aliphatic heterocycles. The summed E-state index contributed by atoms with van der Waals surface area (Å²) in [4.78, 5) is 14.8. The van der Waals surface area contributed by atoms with Crippen LogP contribution in [-0.2, 0) is 6.18 Å².